The van der Waals surface area contributed by atoms with Crippen molar-refractivity contribution in [3.8, 4) is 16.9 Å². The van der Waals surface area contributed by atoms with Crippen LogP contribution in [0, 0.1) is 0 Å². The lowest BCUT2D eigenvalue weighted by Gasteiger charge is -2.11. The lowest BCUT2D eigenvalue weighted by Crippen LogP contribution is -2.10. The summed E-state index contributed by atoms with van der Waals surface area (Å²) in [5.74, 6) is 0.804. The van der Waals surface area contributed by atoms with Crippen molar-refractivity contribution in [2.75, 3.05) is 20.7 Å². The Morgan fingerprint density at radius 1 is 1.16 bits per heavy atom. The van der Waals surface area contributed by atoms with Gasteiger partial charge in [-0.1, -0.05) is 41.9 Å². The Bertz CT molecular complexity index is 554. The lowest BCUT2D eigenvalue weighted by atomic mass is 10.0. The number of hydrogen-bond donors (Lipinski definition) is 1. The van der Waals surface area contributed by atoms with E-state index in [1.807, 2.05) is 25.2 Å². The second-order valence-electron chi connectivity index (χ2n) is 4.37. The van der Waals surface area contributed by atoms with Crippen LogP contribution in [0.5, 0.6) is 5.75 Å². The lowest BCUT2D eigenvalue weighted by molar-refractivity contribution is 0.416. The molecular formula is C16H18ClNO. The van der Waals surface area contributed by atoms with Crippen molar-refractivity contribution in [3.05, 3.63) is 53.1 Å². The highest BCUT2D eigenvalue weighted by Crippen LogP contribution is 2.36. The minimum Gasteiger partial charge on any atom is -0.496 e. The van der Waals surface area contributed by atoms with E-state index in [4.69, 9.17) is 16.3 Å². The monoisotopic (exact) mass is 275 g/mol. The van der Waals surface area contributed by atoms with Gasteiger partial charge in [-0.05, 0) is 43.3 Å². The summed E-state index contributed by atoms with van der Waals surface area (Å²) in [6.07, 6.45) is 0.997. The Labute approximate surface area is 119 Å². The molecule has 0 aromatic heterocycles. The molecule has 2 nitrogen and oxygen atoms in total. The molecule has 100 valence electrons. The average Bonchev–Trinajstić information content (AvgIpc) is 2.45. The van der Waals surface area contributed by atoms with Crippen molar-refractivity contribution in [1.82, 2.24) is 5.32 Å². The molecule has 0 spiro atoms. The van der Waals surface area contributed by atoms with Gasteiger partial charge in [-0.3, -0.25) is 0 Å². The number of ether oxygens (including phenoxy) is 1. The minimum absolute atomic E-state index is 0.713. The molecule has 0 amide bonds. The first kappa shape index (κ1) is 13.9. The first-order chi connectivity index (χ1) is 9.26. The van der Waals surface area contributed by atoms with Gasteiger partial charge in [-0.25, -0.2) is 0 Å². The highest BCUT2D eigenvalue weighted by Gasteiger charge is 2.10. The summed E-state index contributed by atoms with van der Waals surface area (Å²) in [4.78, 5) is 0. The molecule has 1 N–H and O–H groups in total. The number of likely N-dealkylation sites (N-methyl/N-ethyl adjacent to an activating group) is 1. The molecule has 0 saturated carbocycles. The highest BCUT2D eigenvalue weighted by atomic mass is 35.5. The summed E-state index contributed by atoms with van der Waals surface area (Å²) < 4.78 is 5.40. The zero-order chi connectivity index (χ0) is 13.7. The van der Waals surface area contributed by atoms with E-state index in [-0.39, 0.29) is 0 Å². The maximum Gasteiger partial charge on any atom is 0.128 e. The molecule has 0 aliphatic carbocycles. The number of nitrogens with one attached hydrogen (secondary N) is 1. The van der Waals surface area contributed by atoms with Crippen LogP contribution >= 0.6 is 11.6 Å². The molecule has 0 bridgehead atoms. The average molecular weight is 276 g/mol. The van der Waals surface area contributed by atoms with Gasteiger partial charge in [0, 0.05) is 5.56 Å². The van der Waals surface area contributed by atoms with Gasteiger partial charge < -0.3 is 10.1 Å². The number of benzene rings is 2. The highest BCUT2D eigenvalue weighted by molar-refractivity contribution is 6.33. The van der Waals surface area contributed by atoms with Gasteiger partial charge in [-0.2, -0.15) is 0 Å². The molecule has 2 aromatic carbocycles. The Kier molecular flexibility index (Phi) is 4.83. The second-order valence-corrected chi connectivity index (χ2v) is 4.78. The van der Waals surface area contributed by atoms with Crippen molar-refractivity contribution < 1.29 is 4.74 Å². The molecule has 19 heavy (non-hydrogen) atoms. The smallest absolute Gasteiger partial charge is 0.128 e. The molecule has 3 heteroatoms. The molecule has 2 aromatic rings. The van der Waals surface area contributed by atoms with Gasteiger partial charge in [-0.15, -0.1) is 0 Å². The van der Waals surface area contributed by atoms with E-state index in [2.05, 4.69) is 29.6 Å². The summed E-state index contributed by atoms with van der Waals surface area (Å²) in [5, 5.41) is 3.87. The van der Waals surface area contributed by atoms with Gasteiger partial charge >= 0.3 is 0 Å². The first-order valence-electron chi connectivity index (χ1n) is 6.32. The predicted molar refractivity (Wildman–Crippen MR) is 81.1 cm³/mol. The van der Waals surface area contributed by atoms with Crippen molar-refractivity contribution in [2.45, 2.75) is 6.42 Å². The summed E-state index contributed by atoms with van der Waals surface area (Å²) in [6, 6.07) is 14.1. The topological polar surface area (TPSA) is 21.3 Å². The normalized spacial score (nSPS) is 10.5. The van der Waals surface area contributed by atoms with E-state index in [9.17, 15) is 0 Å². The fourth-order valence-electron chi connectivity index (χ4n) is 2.11. The van der Waals surface area contributed by atoms with E-state index in [0.29, 0.717) is 5.02 Å². The molecule has 0 fully saturated rings. The Morgan fingerprint density at radius 2 is 1.95 bits per heavy atom. The van der Waals surface area contributed by atoms with Crippen molar-refractivity contribution in [2.24, 2.45) is 0 Å². The maximum absolute atomic E-state index is 6.31. The van der Waals surface area contributed by atoms with Gasteiger partial charge in [0.05, 0.1) is 12.1 Å². The molecule has 2 rings (SSSR count). The number of hydrogen-bond acceptors (Lipinski definition) is 2. The van der Waals surface area contributed by atoms with Crippen molar-refractivity contribution in [1.29, 1.82) is 0 Å². The Hall–Kier alpha value is -1.51. The standard InChI is InChI=1S/C16H18ClNO/c1-18-10-9-12-5-3-6-13(11-12)16-14(17)7-4-8-15(16)19-2/h3-8,11,18H,9-10H2,1-2H3. The van der Waals surface area contributed by atoms with E-state index in [1.165, 1.54) is 5.56 Å². The van der Waals surface area contributed by atoms with Crippen LogP contribution in [0.15, 0.2) is 42.5 Å². The molecule has 0 saturated heterocycles. The van der Waals surface area contributed by atoms with E-state index in [0.717, 1.165) is 29.8 Å². The fourth-order valence-corrected chi connectivity index (χ4v) is 2.38. The summed E-state index contributed by atoms with van der Waals surface area (Å²) in [7, 11) is 3.63. The van der Waals surface area contributed by atoms with Crippen LogP contribution in [0.4, 0.5) is 0 Å². The molecule has 0 aliphatic rings. The van der Waals surface area contributed by atoms with Gasteiger partial charge in [0.1, 0.15) is 5.75 Å². The van der Waals surface area contributed by atoms with Gasteiger partial charge in [0.15, 0.2) is 0 Å². The third kappa shape index (κ3) is 3.28. The number of methoxy groups -OCH3 is 1. The Morgan fingerprint density at radius 3 is 2.68 bits per heavy atom. The maximum atomic E-state index is 6.31. The quantitative estimate of drug-likeness (QED) is 0.897. The van der Waals surface area contributed by atoms with E-state index in [1.54, 1.807) is 7.11 Å². The molecule has 0 radical (unpaired) electrons. The third-order valence-electron chi connectivity index (χ3n) is 3.07. The largest absolute Gasteiger partial charge is 0.496 e. The van der Waals surface area contributed by atoms with E-state index >= 15 is 0 Å². The fraction of sp³-hybridized carbons (Fsp3) is 0.250. The zero-order valence-corrected chi connectivity index (χ0v) is 12.0. The molecular weight excluding hydrogens is 258 g/mol. The van der Waals surface area contributed by atoms with Crippen LogP contribution in [-0.2, 0) is 6.42 Å². The Balaban J connectivity index is 2.41. The van der Waals surface area contributed by atoms with Crippen LogP contribution in [0.25, 0.3) is 11.1 Å². The van der Waals surface area contributed by atoms with Crippen LogP contribution in [0.1, 0.15) is 5.56 Å². The number of rotatable bonds is 5. The van der Waals surface area contributed by atoms with Crippen molar-refractivity contribution >= 4 is 11.6 Å². The summed E-state index contributed by atoms with van der Waals surface area (Å²) in [6.45, 7) is 0.961. The third-order valence-corrected chi connectivity index (χ3v) is 3.39. The molecule has 0 unspecified atom stereocenters. The molecule has 0 aliphatic heterocycles. The summed E-state index contributed by atoms with van der Waals surface area (Å²) in [5.41, 5.74) is 3.34. The van der Waals surface area contributed by atoms with Crippen LogP contribution in [-0.4, -0.2) is 20.7 Å². The zero-order valence-electron chi connectivity index (χ0n) is 11.2. The van der Waals surface area contributed by atoms with Crippen LogP contribution in [0.2, 0.25) is 5.02 Å². The van der Waals surface area contributed by atoms with E-state index < -0.39 is 0 Å². The molecule has 0 atom stereocenters. The molecule has 0 heterocycles. The van der Waals surface area contributed by atoms with Crippen LogP contribution in [0.3, 0.4) is 0 Å². The summed E-state index contributed by atoms with van der Waals surface area (Å²) >= 11 is 6.31. The first-order valence-corrected chi connectivity index (χ1v) is 6.70. The van der Waals surface area contributed by atoms with Crippen LogP contribution < -0.4 is 10.1 Å². The predicted octanol–water partition coefficient (Wildman–Crippen LogP) is 3.78. The van der Waals surface area contributed by atoms with Gasteiger partial charge in [0.25, 0.3) is 0 Å². The second kappa shape index (κ2) is 6.60. The van der Waals surface area contributed by atoms with Gasteiger partial charge in [0.2, 0.25) is 0 Å². The van der Waals surface area contributed by atoms with Crippen molar-refractivity contribution in [3.63, 3.8) is 0 Å². The minimum atomic E-state index is 0.713. The number of halogens is 1. The SMILES string of the molecule is CNCCc1cccc(-c2c(Cl)cccc2OC)c1.